The zero-order valence-electron chi connectivity index (χ0n) is 37.6. The molecule has 0 radical (unpaired) electrons. The summed E-state index contributed by atoms with van der Waals surface area (Å²) in [5.74, 6) is 1.82. The summed E-state index contributed by atoms with van der Waals surface area (Å²) in [6.45, 7) is 35.7. The van der Waals surface area contributed by atoms with Crippen molar-refractivity contribution in [2.24, 2.45) is 11.8 Å². The number of hydrogen-bond donors (Lipinski definition) is 0. The molecule has 1 unspecified atom stereocenters. The van der Waals surface area contributed by atoms with Gasteiger partial charge in [-0.05, 0) is 24.7 Å². The normalized spacial score (nSPS) is 10.0. The summed E-state index contributed by atoms with van der Waals surface area (Å²) in [7, 11) is 0. The van der Waals surface area contributed by atoms with Crippen LogP contribution >= 0.6 is 0 Å². The molecule has 0 saturated carbocycles. The van der Waals surface area contributed by atoms with Gasteiger partial charge >= 0.3 is 5.97 Å². The van der Waals surface area contributed by atoms with Gasteiger partial charge in [0.05, 0.1) is 6.61 Å². The predicted octanol–water partition coefficient (Wildman–Crippen LogP) is 18.1. The van der Waals surface area contributed by atoms with Crippen molar-refractivity contribution in [1.82, 2.24) is 0 Å². The van der Waals surface area contributed by atoms with Gasteiger partial charge in [-0.25, -0.2) is 0 Å². The molecule has 0 aromatic heterocycles. The van der Waals surface area contributed by atoms with E-state index in [-0.39, 0.29) is 5.97 Å². The lowest BCUT2D eigenvalue weighted by molar-refractivity contribution is -0.143. The van der Waals surface area contributed by atoms with E-state index >= 15 is 0 Å². The minimum Gasteiger partial charge on any atom is -0.466 e. The zero-order valence-corrected chi connectivity index (χ0v) is 37.6. The number of carbonyl (C=O) groups excluding carboxylic acids is 1. The largest absolute Gasteiger partial charge is 0.466 e. The topological polar surface area (TPSA) is 26.3 Å². The Morgan fingerprint density at radius 2 is 0.750 bits per heavy atom. The van der Waals surface area contributed by atoms with Gasteiger partial charge in [0.25, 0.3) is 0 Å². The van der Waals surface area contributed by atoms with Gasteiger partial charge in [0.2, 0.25) is 0 Å². The number of carbonyl (C=O) groups is 1. The molecule has 0 aliphatic carbocycles. The standard InChI is InChI=1S/C16H32O2.C11H24.C5H12.2C4H10.2C3H8/c1-3-5-6-7-8-9-10-11-12-13-15-18-16(17)14-4-2;1-4-6-7-8-10-11(3)9-5-2;1-4-5(2)3;2*1-3-4-2;2*1-3-2/h3-15H2,1-2H3;11H,4-10H2,1-3H3;5H,4H2,1-3H3;2*3-4H2,1-2H3;2*3H2,1-2H3. The van der Waals surface area contributed by atoms with E-state index in [9.17, 15) is 4.79 Å². The number of esters is 1. The molecule has 0 aliphatic rings. The first-order chi connectivity index (χ1) is 23.0. The maximum atomic E-state index is 11.1. The summed E-state index contributed by atoms with van der Waals surface area (Å²) in [6.07, 6.45) is 33.6. The Morgan fingerprint density at radius 1 is 0.417 bits per heavy atom. The third-order valence-corrected chi connectivity index (χ3v) is 7.36. The van der Waals surface area contributed by atoms with Gasteiger partial charge in [-0.3, -0.25) is 4.79 Å². The first-order valence-electron chi connectivity index (χ1n) is 22.2. The van der Waals surface area contributed by atoms with Gasteiger partial charge in [0.1, 0.15) is 0 Å². The van der Waals surface area contributed by atoms with Crippen molar-refractivity contribution in [2.45, 2.75) is 278 Å². The van der Waals surface area contributed by atoms with E-state index in [2.05, 4.69) is 104 Å². The molecule has 0 aromatic carbocycles. The highest BCUT2D eigenvalue weighted by atomic mass is 16.5. The molecule has 0 rings (SSSR count). The minimum absolute atomic E-state index is 0.0339. The predicted molar refractivity (Wildman–Crippen MR) is 229 cm³/mol. The Kier molecular flexibility index (Phi) is 94.2. The summed E-state index contributed by atoms with van der Waals surface area (Å²) in [4.78, 5) is 11.1. The first-order valence-corrected chi connectivity index (χ1v) is 22.2. The highest BCUT2D eigenvalue weighted by Crippen LogP contribution is 2.14. The van der Waals surface area contributed by atoms with Crippen molar-refractivity contribution in [3.8, 4) is 0 Å². The molecule has 0 aliphatic heterocycles. The molecule has 0 amide bonds. The lowest BCUT2D eigenvalue weighted by atomic mass is 9.98. The zero-order chi connectivity index (χ0) is 38.5. The lowest BCUT2D eigenvalue weighted by Gasteiger charge is -2.08. The van der Waals surface area contributed by atoms with Crippen molar-refractivity contribution in [2.75, 3.05) is 6.61 Å². The SMILES string of the molecule is CCC.CCC.CCC(C)C.CCCC.CCCC.CCCCCCC(C)CCC.CCCCCCCCCCCCOC(=O)CCC. The molecule has 2 nitrogen and oxygen atoms in total. The Balaban J connectivity index is -0.0000000947. The average Bonchev–Trinajstić information content (AvgIpc) is 3.07. The van der Waals surface area contributed by atoms with Crippen molar-refractivity contribution < 1.29 is 9.53 Å². The van der Waals surface area contributed by atoms with Crippen LogP contribution in [0.5, 0.6) is 0 Å². The smallest absolute Gasteiger partial charge is 0.305 e. The third-order valence-electron chi connectivity index (χ3n) is 7.36. The molecule has 0 saturated heterocycles. The molecule has 0 fully saturated rings. The summed E-state index contributed by atoms with van der Waals surface area (Å²) in [5, 5.41) is 0. The van der Waals surface area contributed by atoms with Crippen LogP contribution in [-0.4, -0.2) is 12.6 Å². The van der Waals surface area contributed by atoms with Crippen LogP contribution in [0.2, 0.25) is 0 Å². The van der Waals surface area contributed by atoms with E-state index in [0.29, 0.717) is 13.0 Å². The van der Waals surface area contributed by atoms with Crippen LogP contribution in [0.1, 0.15) is 278 Å². The number of hydrogen-bond acceptors (Lipinski definition) is 2. The maximum Gasteiger partial charge on any atom is 0.305 e. The third kappa shape index (κ3) is 111. The number of ether oxygens (including phenoxy) is 1. The van der Waals surface area contributed by atoms with Gasteiger partial charge in [0.15, 0.2) is 0 Å². The molecule has 2 heteroatoms. The van der Waals surface area contributed by atoms with Gasteiger partial charge in [0, 0.05) is 6.42 Å². The van der Waals surface area contributed by atoms with Gasteiger partial charge in [-0.1, -0.05) is 258 Å². The second-order valence-electron chi connectivity index (χ2n) is 14.1. The Labute approximate surface area is 310 Å². The van der Waals surface area contributed by atoms with Crippen LogP contribution in [0.25, 0.3) is 0 Å². The van der Waals surface area contributed by atoms with Crippen molar-refractivity contribution in [1.29, 1.82) is 0 Å². The highest BCUT2D eigenvalue weighted by Gasteiger charge is 2.00. The van der Waals surface area contributed by atoms with Gasteiger partial charge in [-0.2, -0.15) is 0 Å². The first kappa shape index (κ1) is 62.6. The van der Waals surface area contributed by atoms with Crippen LogP contribution in [-0.2, 0) is 9.53 Å². The summed E-state index contributed by atoms with van der Waals surface area (Å²) in [5.41, 5.74) is 0. The Bertz CT molecular complexity index is 422. The second kappa shape index (κ2) is 72.2. The van der Waals surface area contributed by atoms with Crippen LogP contribution in [0.4, 0.5) is 0 Å². The summed E-state index contributed by atoms with van der Waals surface area (Å²) >= 11 is 0. The molecule has 1 atom stereocenters. The van der Waals surface area contributed by atoms with E-state index in [1.54, 1.807) is 0 Å². The molecular formula is C46H104O2. The van der Waals surface area contributed by atoms with E-state index in [1.807, 2.05) is 6.92 Å². The van der Waals surface area contributed by atoms with E-state index in [4.69, 9.17) is 4.74 Å². The van der Waals surface area contributed by atoms with Crippen LogP contribution in [0, 0.1) is 11.8 Å². The molecule has 48 heavy (non-hydrogen) atoms. The second-order valence-corrected chi connectivity index (χ2v) is 14.1. The summed E-state index contributed by atoms with van der Waals surface area (Å²) in [6, 6.07) is 0. The maximum absolute atomic E-state index is 11.1. The molecule has 300 valence electrons. The van der Waals surface area contributed by atoms with Gasteiger partial charge in [-0.15, -0.1) is 0 Å². The van der Waals surface area contributed by atoms with Crippen molar-refractivity contribution in [3.05, 3.63) is 0 Å². The fourth-order valence-corrected chi connectivity index (χ4v) is 3.61. The fraction of sp³-hybridized carbons (Fsp3) is 0.978. The Hall–Kier alpha value is -0.530. The fourth-order valence-electron chi connectivity index (χ4n) is 3.61. The Morgan fingerprint density at radius 3 is 1.04 bits per heavy atom. The van der Waals surface area contributed by atoms with Crippen molar-refractivity contribution >= 4 is 5.97 Å². The van der Waals surface area contributed by atoms with Crippen LogP contribution in [0.15, 0.2) is 0 Å². The molecule has 0 spiro atoms. The number of unbranched alkanes of at least 4 members (excludes halogenated alkanes) is 14. The quantitative estimate of drug-likeness (QED) is 0.0789. The average molecular weight is 689 g/mol. The monoisotopic (exact) mass is 689 g/mol. The minimum atomic E-state index is -0.0339. The summed E-state index contributed by atoms with van der Waals surface area (Å²) < 4.78 is 5.12. The lowest BCUT2D eigenvalue weighted by Crippen LogP contribution is -2.04. The molecular weight excluding hydrogens is 585 g/mol. The molecule has 0 bridgehead atoms. The van der Waals surface area contributed by atoms with Gasteiger partial charge < -0.3 is 4.74 Å². The molecule has 0 aromatic rings. The molecule has 0 heterocycles. The molecule has 0 N–H and O–H groups in total. The number of rotatable bonds is 23. The van der Waals surface area contributed by atoms with E-state index in [0.717, 1.165) is 24.7 Å². The van der Waals surface area contributed by atoms with E-state index in [1.165, 1.54) is 148 Å². The van der Waals surface area contributed by atoms with Crippen LogP contribution < -0.4 is 0 Å². The van der Waals surface area contributed by atoms with Crippen molar-refractivity contribution in [3.63, 3.8) is 0 Å². The highest BCUT2D eigenvalue weighted by molar-refractivity contribution is 5.69. The van der Waals surface area contributed by atoms with E-state index < -0.39 is 0 Å². The van der Waals surface area contributed by atoms with Crippen LogP contribution in [0.3, 0.4) is 0 Å².